The van der Waals surface area contributed by atoms with Crippen molar-refractivity contribution in [3.63, 3.8) is 0 Å². The first kappa shape index (κ1) is 11.9. The molecule has 2 heterocycles. The molecule has 0 spiro atoms. The van der Waals surface area contributed by atoms with E-state index in [0.717, 1.165) is 11.3 Å². The number of hydrogen-bond acceptors (Lipinski definition) is 3. The lowest BCUT2D eigenvalue weighted by atomic mass is 10.1. The zero-order valence-corrected chi connectivity index (χ0v) is 11.0. The van der Waals surface area contributed by atoms with E-state index in [1.54, 1.807) is 17.5 Å². The molecule has 0 atom stereocenters. The molecule has 1 aromatic carbocycles. The highest BCUT2D eigenvalue weighted by atomic mass is 32.1. The van der Waals surface area contributed by atoms with E-state index in [0.29, 0.717) is 12.2 Å². The topological polar surface area (TPSA) is 34.9 Å². The summed E-state index contributed by atoms with van der Waals surface area (Å²) in [6.07, 6.45) is 3.87. The van der Waals surface area contributed by atoms with Crippen molar-refractivity contribution in [1.82, 2.24) is 9.55 Å². The largest absolute Gasteiger partial charge is 0.297 e. The van der Waals surface area contributed by atoms with Crippen LogP contribution in [0.2, 0.25) is 0 Å². The lowest BCUT2D eigenvalue weighted by Gasteiger charge is -2.06. The smallest absolute Gasteiger partial charge is 0.203 e. The van der Waals surface area contributed by atoms with E-state index in [1.807, 2.05) is 57.9 Å². The first-order valence-corrected chi connectivity index (χ1v) is 6.92. The predicted octanol–water partition coefficient (Wildman–Crippen LogP) is 3.36. The molecule has 19 heavy (non-hydrogen) atoms. The average molecular weight is 268 g/mol. The van der Waals surface area contributed by atoms with Crippen LogP contribution in [0.1, 0.15) is 16.2 Å². The van der Waals surface area contributed by atoms with Gasteiger partial charge < -0.3 is 0 Å². The third-order valence-corrected chi connectivity index (χ3v) is 3.60. The number of carbonyl (C=O) groups is 1. The molecular weight excluding hydrogens is 256 g/mol. The first-order valence-electron chi connectivity index (χ1n) is 5.97. The Morgan fingerprint density at radius 3 is 2.79 bits per heavy atom. The van der Waals surface area contributed by atoms with Crippen molar-refractivity contribution in [3.8, 4) is 5.69 Å². The summed E-state index contributed by atoms with van der Waals surface area (Å²) in [7, 11) is 0. The fraction of sp³-hybridized carbons (Fsp3) is 0.0667. The third-order valence-electron chi connectivity index (χ3n) is 2.87. The standard InChI is InChI=1S/C15H12N2OS/c18-14(10-12-6-9-19-11-12)15-16-7-8-17(15)13-4-2-1-3-5-13/h1-9,11H,10H2. The molecule has 0 aliphatic carbocycles. The number of ketones is 1. The second-order valence-corrected chi connectivity index (χ2v) is 4.97. The summed E-state index contributed by atoms with van der Waals surface area (Å²) in [5.41, 5.74) is 1.99. The van der Waals surface area contributed by atoms with Crippen LogP contribution < -0.4 is 0 Å². The number of benzene rings is 1. The monoisotopic (exact) mass is 268 g/mol. The molecule has 3 nitrogen and oxygen atoms in total. The van der Waals surface area contributed by atoms with Crippen molar-refractivity contribution in [3.05, 3.63) is 70.9 Å². The van der Waals surface area contributed by atoms with Gasteiger partial charge in [-0.2, -0.15) is 11.3 Å². The van der Waals surface area contributed by atoms with Crippen LogP contribution in [-0.4, -0.2) is 15.3 Å². The van der Waals surface area contributed by atoms with Crippen molar-refractivity contribution >= 4 is 17.1 Å². The first-order chi connectivity index (χ1) is 9.34. The maximum absolute atomic E-state index is 12.3. The van der Waals surface area contributed by atoms with E-state index in [1.165, 1.54) is 0 Å². The van der Waals surface area contributed by atoms with Gasteiger partial charge in [-0.3, -0.25) is 9.36 Å². The van der Waals surface area contributed by atoms with Crippen molar-refractivity contribution in [2.45, 2.75) is 6.42 Å². The molecule has 0 aliphatic rings. The highest BCUT2D eigenvalue weighted by Crippen LogP contribution is 2.14. The molecular formula is C15H12N2OS. The van der Waals surface area contributed by atoms with Crippen LogP contribution in [0.4, 0.5) is 0 Å². The zero-order chi connectivity index (χ0) is 13.1. The second kappa shape index (κ2) is 5.20. The Morgan fingerprint density at radius 1 is 1.21 bits per heavy atom. The van der Waals surface area contributed by atoms with Crippen LogP contribution >= 0.6 is 11.3 Å². The minimum absolute atomic E-state index is 0.0345. The Labute approximate surface area is 115 Å². The molecule has 0 N–H and O–H groups in total. The summed E-state index contributed by atoms with van der Waals surface area (Å²) >= 11 is 1.60. The van der Waals surface area contributed by atoms with Gasteiger partial charge in [-0.15, -0.1) is 0 Å². The SMILES string of the molecule is O=C(Cc1ccsc1)c1nccn1-c1ccccc1. The third kappa shape index (κ3) is 2.48. The van der Waals surface area contributed by atoms with Crippen molar-refractivity contribution in [2.24, 2.45) is 0 Å². The Morgan fingerprint density at radius 2 is 2.05 bits per heavy atom. The van der Waals surface area contributed by atoms with Crippen LogP contribution in [0.25, 0.3) is 5.69 Å². The Bertz CT molecular complexity index is 671. The molecule has 0 saturated carbocycles. The molecule has 0 unspecified atom stereocenters. The van der Waals surface area contributed by atoms with Gasteiger partial charge in [-0.25, -0.2) is 4.98 Å². The lowest BCUT2D eigenvalue weighted by molar-refractivity contribution is 0.0981. The minimum atomic E-state index is 0.0345. The van der Waals surface area contributed by atoms with Crippen LogP contribution in [0, 0.1) is 0 Å². The zero-order valence-electron chi connectivity index (χ0n) is 10.2. The van der Waals surface area contributed by atoms with Crippen LogP contribution in [0.5, 0.6) is 0 Å². The van der Waals surface area contributed by atoms with E-state index in [9.17, 15) is 4.79 Å². The highest BCUT2D eigenvalue weighted by molar-refractivity contribution is 7.08. The highest BCUT2D eigenvalue weighted by Gasteiger charge is 2.14. The molecule has 3 rings (SSSR count). The summed E-state index contributed by atoms with van der Waals surface area (Å²) < 4.78 is 1.83. The molecule has 0 amide bonds. The number of imidazole rings is 1. The molecule has 3 aromatic rings. The summed E-state index contributed by atoms with van der Waals surface area (Å²) in [5, 5.41) is 3.97. The number of nitrogens with zero attached hydrogens (tertiary/aromatic N) is 2. The van der Waals surface area contributed by atoms with Gasteiger partial charge in [-0.05, 0) is 34.5 Å². The molecule has 4 heteroatoms. The number of carbonyl (C=O) groups excluding carboxylic acids is 1. The number of aromatic nitrogens is 2. The van der Waals surface area contributed by atoms with E-state index < -0.39 is 0 Å². The van der Waals surface area contributed by atoms with Crippen molar-refractivity contribution in [2.75, 3.05) is 0 Å². The quantitative estimate of drug-likeness (QED) is 0.680. The summed E-state index contributed by atoms with van der Waals surface area (Å²) in [6.45, 7) is 0. The van der Waals surface area contributed by atoms with Gasteiger partial charge in [0.15, 0.2) is 5.82 Å². The van der Waals surface area contributed by atoms with Gasteiger partial charge in [0.05, 0.1) is 0 Å². The van der Waals surface area contributed by atoms with Crippen molar-refractivity contribution < 1.29 is 4.79 Å². The molecule has 0 bridgehead atoms. The number of para-hydroxylation sites is 1. The molecule has 0 fully saturated rings. The normalized spacial score (nSPS) is 10.5. The van der Waals surface area contributed by atoms with E-state index in [4.69, 9.17) is 0 Å². The summed E-state index contributed by atoms with van der Waals surface area (Å²) in [4.78, 5) is 16.5. The second-order valence-electron chi connectivity index (χ2n) is 4.19. The number of Topliss-reactive ketones (excluding diaryl/α,β-unsaturated/α-hetero) is 1. The molecule has 0 radical (unpaired) electrons. The maximum atomic E-state index is 12.3. The van der Waals surface area contributed by atoms with Gasteiger partial charge in [0, 0.05) is 24.5 Å². The van der Waals surface area contributed by atoms with E-state index in [2.05, 4.69) is 4.98 Å². The van der Waals surface area contributed by atoms with Crippen LogP contribution in [0.15, 0.2) is 59.6 Å². The molecule has 0 saturated heterocycles. The maximum Gasteiger partial charge on any atom is 0.203 e. The number of rotatable bonds is 4. The number of hydrogen-bond donors (Lipinski definition) is 0. The summed E-state index contributed by atoms with van der Waals surface area (Å²) in [6, 6.07) is 11.7. The van der Waals surface area contributed by atoms with Crippen molar-refractivity contribution in [1.29, 1.82) is 0 Å². The average Bonchev–Trinajstić information content (AvgIpc) is 3.10. The number of thiophene rings is 1. The predicted molar refractivity (Wildman–Crippen MR) is 75.9 cm³/mol. The molecule has 94 valence electrons. The van der Waals surface area contributed by atoms with E-state index in [-0.39, 0.29) is 5.78 Å². The Hall–Kier alpha value is -2.20. The van der Waals surface area contributed by atoms with Gasteiger partial charge in [0.25, 0.3) is 0 Å². The fourth-order valence-electron chi connectivity index (χ4n) is 1.96. The minimum Gasteiger partial charge on any atom is -0.297 e. The fourth-order valence-corrected chi connectivity index (χ4v) is 2.63. The van der Waals surface area contributed by atoms with Crippen LogP contribution in [-0.2, 0) is 6.42 Å². The molecule has 0 aliphatic heterocycles. The van der Waals surface area contributed by atoms with Gasteiger partial charge in [0.2, 0.25) is 5.78 Å². The van der Waals surface area contributed by atoms with Gasteiger partial charge in [-0.1, -0.05) is 18.2 Å². The van der Waals surface area contributed by atoms with E-state index >= 15 is 0 Å². The summed E-state index contributed by atoms with van der Waals surface area (Å²) in [5.74, 6) is 0.518. The van der Waals surface area contributed by atoms with Gasteiger partial charge >= 0.3 is 0 Å². The molecule has 2 aromatic heterocycles. The Balaban J connectivity index is 1.90. The lowest BCUT2D eigenvalue weighted by Crippen LogP contribution is -2.10. The van der Waals surface area contributed by atoms with Crippen LogP contribution in [0.3, 0.4) is 0 Å². The Kier molecular flexibility index (Phi) is 3.25. The van der Waals surface area contributed by atoms with Gasteiger partial charge in [0.1, 0.15) is 0 Å².